The number of hydroxylamine groups is 1. The van der Waals surface area contributed by atoms with Gasteiger partial charge in [-0.25, -0.2) is 5.48 Å². The van der Waals surface area contributed by atoms with Crippen LogP contribution in [-0.2, 0) is 17.6 Å². The number of amides is 1. The van der Waals surface area contributed by atoms with Crippen LogP contribution in [0.1, 0.15) is 22.3 Å². The molecule has 2 N–H and O–H groups in total. The fourth-order valence-electron chi connectivity index (χ4n) is 2.74. The summed E-state index contributed by atoms with van der Waals surface area (Å²) in [6.45, 7) is 0. The Morgan fingerprint density at radius 1 is 0.950 bits per heavy atom. The van der Waals surface area contributed by atoms with E-state index in [1.807, 2.05) is 36.4 Å². The van der Waals surface area contributed by atoms with Gasteiger partial charge in [0.15, 0.2) is 0 Å². The zero-order chi connectivity index (χ0) is 13.9. The number of fused-ring (bicyclic) bond motifs is 2. The van der Waals surface area contributed by atoms with Crippen LogP contribution in [0.5, 0.6) is 0 Å². The van der Waals surface area contributed by atoms with Gasteiger partial charge in [0.05, 0.1) is 0 Å². The highest BCUT2D eigenvalue weighted by atomic mass is 16.5. The molecule has 100 valence electrons. The van der Waals surface area contributed by atoms with E-state index in [0.29, 0.717) is 0 Å². The van der Waals surface area contributed by atoms with E-state index in [4.69, 9.17) is 5.21 Å². The quantitative estimate of drug-likeness (QED) is 0.473. The first-order valence-corrected chi connectivity index (χ1v) is 6.62. The Kier molecular flexibility index (Phi) is 3.35. The second-order valence-corrected chi connectivity index (χ2v) is 4.85. The molecule has 0 spiro atoms. The molecule has 1 aliphatic rings. The molecule has 1 amide bonds. The van der Waals surface area contributed by atoms with Crippen LogP contribution in [0.15, 0.2) is 54.6 Å². The van der Waals surface area contributed by atoms with Gasteiger partial charge in [0.1, 0.15) is 0 Å². The highest BCUT2D eigenvalue weighted by molar-refractivity contribution is 5.99. The summed E-state index contributed by atoms with van der Waals surface area (Å²) in [5.41, 5.74) is 7.10. The van der Waals surface area contributed by atoms with E-state index in [1.54, 1.807) is 5.48 Å². The van der Waals surface area contributed by atoms with E-state index in [2.05, 4.69) is 12.1 Å². The molecule has 0 unspecified atom stereocenters. The Balaban J connectivity index is 2.24. The van der Waals surface area contributed by atoms with Crippen molar-refractivity contribution in [3.63, 3.8) is 0 Å². The summed E-state index contributed by atoms with van der Waals surface area (Å²) in [7, 11) is 0. The minimum absolute atomic E-state index is 0.508. The van der Waals surface area contributed by atoms with E-state index >= 15 is 0 Å². The molecule has 2 aromatic carbocycles. The molecule has 2 aromatic rings. The summed E-state index contributed by atoms with van der Waals surface area (Å²) in [5.74, 6) is -0.508. The van der Waals surface area contributed by atoms with Crippen molar-refractivity contribution in [3.8, 4) is 0 Å². The van der Waals surface area contributed by atoms with Crippen molar-refractivity contribution in [2.24, 2.45) is 0 Å². The standard InChI is InChI=1S/C17H15NO2/c19-17(18-20)11-16-14-7-3-1-5-12(14)9-10-13-6-2-4-8-15(13)16/h1-8,11,20H,9-10H2,(H,18,19). The predicted molar refractivity (Wildman–Crippen MR) is 77.3 cm³/mol. The van der Waals surface area contributed by atoms with Crippen LogP contribution in [0.25, 0.3) is 5.57 Å². The van der Waals surface area contributed by atoms with Crippen LogP contribution >= 0.6 is 0 Å². The number of carbonyl (C=O) groups excluding carboxylic acids is 1. The molecule has 20 heavy (non-hydrogen) atoms. The van der Waals surface area contributed by atoms with Gasteiger partial charge in [-0.1, -0.05) is 48.5 Å². The Hall–Kier alpha value is -2.39. The Labute approximate surface area is 117 Å². The first-order valence-electron chi connectivity index (χ1n) is 6.62. The fraction of sp³-hybridized carbons (Fsp3) is 0.118. The molecule has 3 rings (SSSR count). The SMILES string of the molecule is O=C(C=C1c2ccccc2CCc2ccccc21)NO. The van der Waals surface area contributed by atoms with Crippen molar-refractivity contribution < 1.29 is 10.0 Å². The second kappa shape index (κ2) is 5.31. The van der Waals surface area contributed by atoms with E-state index in [-0.39, 0.29) is 0 Å². The maximum Gasteiger partial charge on any atom is 0.267 e. The summed E-state index contributed by atoms with van der Waals surface area (Å²) in [6.07, 6.45) is 3.36. The lowest BCUT2D eigenvalue weighted by atomic mass is 9.94. The number of benzene rings is 2. The molecule has 3 nitrogen and oxygen atoms in total. The maximum absolute atomic E-state index is 11.6. The van der Waals surface area contributed by atoms with E-state index in [9.17, 15) is 4.79 Å². The summed E-state index contributed by atoms with van der Waals surface area (Å²) in [5, 5.41) is 8.79. The number of hydrogen-bond donors (Lipinski definition) is 2. The zero-order valence-corrected chi connectivity index (χ0v) is 11.0. The van der Waals surface area contributed by atoms with Gasteiger partial charge in [-0.05, 0) is 40.7 Å². The third-order valence-electron chi connectivity index (χ3n) is 3.66. The Bertz CT molecular complexity index is 639. The molecule has 0 aliphatic heterocycles. The zero-order valence-electron chi connectivity index (χ0n) is 11.0. The van der Waals surface area contributed by atoms with Crippen molar-refractivity contribution in [1.29, 1.82) is 0 Å². The van der Waals surface area contributed by atoms with Gasteiger partial charge in [0, 0.05) is 6.08 Å². The van der Waals surface area contributed by atoms with Crippen molar-refractivity contribution >= 4 is 11.5 Å². The predicted octanol–water partition coefficient (Wildman–Crippen LogP) is 2.72. The van der Waals surface area contributed by atoms with Gasteiger partial charge in [0.2, 0.25) is 0 Å². The molecule has 0 aromatic heterocycles. The number of nitrogens with one attached hydrogen (secondary N) is 1. The lowest BCUT2D eigenvalue weighted by Gasteiger charge is -2.11. The minimum atomic E-state index is -0.508. The molecule has 3 heteroatoms. The molecule has 0 saturated carbocycles. The third kappa shape index (κ3) is 2.24. The van der Waals surface area contributed by atoms with Gasteiger partial charge >= 0.3 is 0 Å². The third-order valence-corrected chi connectivity index (χ3v) is 3.66. The first kappa shape index (κ1) is 12.6. The summed E-state index contributed by atoms with van der Waals surface area (Å²) >= 11 is 0. The van der Waals surface area contributed by atoms with E-state index < -0.39 is 5.91 Å². The second-order valence-electron chi connectivity index (χ2n) is 4.85. The highest BCUT2D eigenvalue weighted by Gasteiger charge is 2.18. The number of aryl methyl sites for hydroxylation is 2. The number of hydrogen-bond acceptors (Lipinski definition) is 2. The van der Waals surface area contributed by atoms with Crippen LogP contribution < -0.4 is 5.48 Å². The van der Waals surface area contributed by atoms with Crippen molar-refractivity contribution in [2.75, 3.05) is 0 Å². The molecular weight excluding hydrogens is 250 g/mol. The average Bonchev–Trinajstić information content (AvgIpc) is 2.65. The molecule has 0 saturated heterocycles. The van der Waals surface area contributed by atoms with E-state index in [1.165, 1.54) is 17.2 Å². The van der Waals surface area contributed by atoms with Gasteiger partial charge in [0.25, 0.3) is 5.91 Å². The topological polar surface area (TPSA) is 49.3 Å². The molecule has 0 radical (unpaired) electrons. The van der Waals surface area contributed by atoms with Gasteiger partial charge in [-0.15, -0.1) is 0 Å². The van der Waals surface area contributed by atoms with Crippen LogP contribution in [0.2, 0.25) is 0 Å². The molecular formula is C17H15NO2. The maximum atomic E-state index is 11.6. The number of carbonyl (C=O) groups is 1. The van der Waals surface area contributed by atoms with E-state index in [0.717, 1.165) is 29.5 Å². The summed E-state index contributed by atoms with van der Waals surface area (Å²) in [6, 6.07) is 16.2. The van der Waals surface area contributed by atoms with Gasteiger partial charge in [-0.2, -0.15) is 0 Å². The largest absolute Gasteiger partial charge is 0.288 e. The number of rotatable bonds is 1. The lowest BCUT2D eigenvalue weighted by molar-refractivity contribution is -0.124. The first-order chi connectivity index (χ1) is 9.79. The fourth-order valence-corrected chi connectivity index (χ4v) is 2.74. The molecule has 1 aliphatic carbocycles. The normalized spacial score (nSPS) is 12.9. The molecule has 0 atom stereocenters. The van der Waals surface area contributed by atoms with Gasteiger partial charge < -0.3 is 0 Å². The van der Waals surface area contributed by atoms with Crippen molar-refractivity contribution in [2.45, 2.75) is 12.8 Å². The molecule has 0 fully saturated rings. The smallest absolute Gasteiger partial charge is 0.267 e. The monoisotopic (exact) mass is 265 g/mol. The lowest BCUT2D eigenvalue weighted by Crippen LogP contribution is -2.16. The van der Waals surface area contributed by atoms with Crippen molar-refractivity contribution in [3.05, 3.63) is 76.9 Å². The van der Waals surface area contributed by atoms with Crippen molar-refractivity contribution in [1.82, 2.24) is 5.48 Å². The van der Waals surface area contributed by atoms with Crippen LogP contribution in [0, 0.1) is 0 Å². The van der Waals surface area contributed by atoms with Crippen LogP contribution in [0.4, 0.5) is 0 Å². The van der Waals surface area contributed by atoms with Gasteiger partial charge in [-0.3, -0.25) is 10.0 Å². The summed E-state index contributed by atoms with van der Waals surface area (Å²) < 4.78 is 0. The minimum Gasteiger partial charge on any atom is -0.288 e. The summed E-state index contributed by atoms with van der Waals surface area (Å²) in [4.78, 5) is 11.6. The average molecular weight is 265 g/mol. The Morgan fingerprint density at radius 2 is 1.45 bits per heavy atom. The van der Waals surface area contributed by atoms with Crippen LogP contribution in [0.3, 0.4) is 0 Å². The Morgan fingerprint density at radius 3 is 1.95 bits per heavy atom. The molecule has 0 heterocycles. The van der Waals surface area contributed by atoms with Crippen LogP contribution in [-0.4, -0.2) is 11.1 Å². The molecule has 0 bridgehead atoms. The highest BCUT2D eigenvalue weighted by Crippen LogP contribution is 2.33.